The normalized spacial score (nSPS) is 21.5. The maximum Gasteiger partial charge on any atom is 0.141 e. The first-order valence-corrected chi connectivity index (χ1v) is 6.51. The summed E-state index contributed by atoms with van der Waals surface area (Å²) in [6.45, 7) is 8.32. The van der Waals surface area contributed by atoms with E-state index in [9.17, 15) is 0 Å². The second-order valence-electron chi connectivity index (χ2n) is 5.18. The summed E-state index contributed by atoms with van der Waals surface area (Å²) >= 11 is 0. The largest absolute Gasteiger partial charge is 0.330 e. The average molecular weight is 237 g/mol. The maximum absolute atomic E-state index is 5.61. The minimum absolute atomic E-state index is 0.384. The van der Waals surface area contributed by atoms with Gasteiger partial charge in [-0.25, -0.2) is 9.67 Å². The highest BCUT2D eigenvalue weighted by molar-refractivity contribution is 4.89. The minimum atomic E-state index is 0.384. The molecule has 0 saturated carbocycles. The van der Waals surface area contributed by atoms with Crippen molar-refractivity contribution in [3.05, 3.63) is 12.2 Å². The molecule has 2 rings (SSSR count). The van der Waals surface area contributed by atoms with E-state index < -0.39 is 0 Å². The molecule has 0 aliphatic carbocycles. The first kappa shape index (κ1) is 12.5. The van der Waals surface area contributed by atoms with Gasteiger partial charge in [-0.2, -0.15) is 5.10 Å². The van der Waals surface area contributed by atoms with Crippen LogP contribution in [0.25, 0.3) is 0 Å². The maximum atomic E-state index is 5.61. The lowest BCUT2D eigenvalue weighted by atomic mass is 10.1. The van der Waals surface area contributed by atoms with Gasteiger partial charge < -0.3 is 5.73 Å². The quantitative estimate of drug-likeness (QED) is 0.831. The van der Waals surface area contributed by atoms with E-state index in [0.717, 1.165) is 44.3 Å². The Morgan fingerprint density at radius 2 is 2.35 bits per heavy atom. The standard InChI is InChI=1S/C12H23N5/c1-10(2)17-12(14-9-15-17)8-16-6-4-11(7-16)3-5-13/h9-11H,3-8,13H2,1-2H3. The predicted octanol–water partition coefficient (Wildman–Crippen LogP) is 1.03. The molecule has 1 aliphatic heterocycles. The Hall–Kier alpha value is -0.940. The van der Waals surface area contributed by atoms with Crippen molar-refractivity contribution in [2.45, 2.75) is 39.3 Å². The molecule has 0 spiro atoms. The molecular formula is C12H23N5. The van der Waals surface area contributed by atoms with E-state index in [1.807, 2.05) is 4.68 Å². The number of hydrogen-bond donors (Lipinski definition) is 1. The Balaban J connectivity index is 1.91. The van der Waals surface area contributed by atoms with Crippen molar-refractivity contribution in [3.63, 3.8) is 0 Å². The number of nitrogens with zero attached hydrogens (tertiary/aromatic N) is 4. The Morgan fingerprint density at radius 3 is 3.06 bits per heavy atom. The van der Waals surface area contributed by atoms with Crippen LogP contribution in [0.2, 0.25) is 0 Å². The summed E-state index contributed by atoms with van der Waals surface area (Å²) < 4.78 is 2.01. The van der Waals surface area contributed by atoms with E-state index in [4.69, 9.17) is 5.73 Å². The lowest BCUT2D eigenvalue weighted by Crippen LogP contribution is -2.23. The van der Waals surface area contributed by atoms with Crippen molar-refractivity contribution < 1.29 is 0 Å². The van der Waals surface area contributed by atoms with Gasteiger partial charge >= 0.3 is 0 Å². The molecule has 17 heavy (non-hydrogen) atoms. The van der Waals surface area contributed by atoms with E-state index in [0.29, 0.717) is 6.04 Å². The molecule has 1 atom stereocenters. The molecule has 1 aromatic heterocycles. The number of aromatic nitrogens is 3. The predicted molar refractivity (Wildman–Crippen MR) is 67.5 cm³/mol. The van der Waals surface area contributed by atoms with Crippen LogP contribution in [0.15, 0.2) is 6.33 Å². The third kappa shape index (κ3) is 3.04. The van der Waals surface area contributed by atoms with Gasteiger partial charge in [0.1, 0.15) is 12.2 Å². The Kier molecular flexibility index (Phi) is 4.12. The zero-order chi connectivity index (χ0) is 12.3. The highest BCUT2D eigenvalue weighted by Gasteiger charge is 2.23. The SMILES string of the molecule is CC(C)n1ncnc1CN1CCC(CCN)C1. The zero-order valence-electron chi connectivity index (χ0n) is 10.8. The monoisotopic (exact) mass is 237 g/mol. The van der Waals surface area contributed by atoms with Gasteiger partial charge in [0, 0.05) is 12.6 Å². The molecule has 0 bridgehead atoms. The van der Waals surface area contributed by atoms with Crippen LogP contribution in [0.4, 0.5) is 0 Å². The smallest absolute Gasteiger partial charge is 0.141 e. The summed E-state index contributed by atoms with van der Waals surface area (Å²) in [4.78, 5) is 6.82. The molecule has 0 radical (unpaired) electrons. The van der Waals surface area contributed by atoms with Crippen LogP contribution >= 0.6 is 0 Å². The van der Waals surface area contributed by atoms with Crippen LogP contribution < -0.4 is 5.73 Å². The molecule has 96 valence electrons. The molecule has 2 N–H and O–H groups in total. The van der Waals surface area contributed by atoms with Gasteiger partial charge in [-0.15, -0.1) is 0 Å². The van der Waals surface area contributed by atoms with Gasteiger partial charge in [-0.1, -0.05) is 0 Å². The zero-order valence-corrected chi connectivity index (χ0v) is 10.8. The van der Waals surface area contributed by atoms with Gasteiger partial charge in [-0.05, 0) is 45.7 Å². The van der Waals surface area contributed by atoms with Crippen LogP contribution in [0, 0.1) is 5.92 Å². The Bertz CT molecular complexity index is 346. The third-order valence-electron chi connectivity index (χ3n) is 3.45. The van der Waals surface area contributed by atoms with E-state index in [2.05, 4.69) is 28.8 Å². The van der Waals surface area contributed by atoms with Crippen molar-refractivity contribution in [2.75, 3.05) is 19.6 Å². The Labute approximate surface area is 103 Å². The number of rotatable bonds is 5. The van der Waals surface area contributed by atoms with E-state index >= 15 is 0 Å². The third-order valence-corrected chi connectivity index (χ3v) is 3.45. The van der Waals surface area contributed by atoms with Crippen molar-refractivity contribution >= 4 is 0 Å². The van der Waals surface area contributed by atoms with Crippen LogP contribution in [-0.2, 0) is 6.54 Å². The van der Waals surface area contributed by atoms with Crippen LogP contribution in [0.1, 0.15) is 38.6 Å². The first-order valence-electron chi connectivity index (χ1n) is 6.51. The summed E-state index contributed by atoms with van der Waals surface area (Å²) in [5, 5.41) is 4.27. The van der Waals surface area contributed by atoms with Gasteiger partial charge in [-0.3, -0.25) is 4.90 Å². The summed E-state index contributed by atoms with van der Waals surface area (Å²) in [6, 6.07) is 0.384. The lowest BCUT2D eigenvalue weighted by molar-refractivity contribution is 0.295. The summed E-state index contributed by atoms with van der Waals surface area (Å²) in [5.41, 5.74) is 5.61. The van der Waals surface area contributed by atoms with Crippen LogP contribution in [-0.4, -0.2) is 39.3 Å². The fraction of sp³-hybridized carbons (Fsp3) is 0.833. The second-order valence-corrected chi connectivity index (χ2v) is 5.18. The fourth-order valence-electron chi connectivity index (χ4n) is 2.55. The first-order chi connectivity index (χ1) is 8.20. The van der Waals surface area contributed by atoms with Crippen molar-refractivity contribution in [1.82, 2.24) is 19.7 Å². The molecule has 1 fully saturated rings. The molecule has 0 aromatic carbocycles. The summed E-state index contributed by atoms with van der Waals surface area (Å²) in [6.07, 6.45) is 4.07. The van der Waals surface area contributed by atoms with Gasteiger partial charge in [0.05, 0.1) is 6.54 Å². The molecule has 1 aromatic rings. The van der Waals surface area contributed by atoms with Gasteiger partial charge in [0.25, 0.3) is 0 Å². The van der Waals surface area contributed by atoms with E-state index in [1.54, 1.807) is 6.33 Å². The highest BCUT2D eigenvalue weighted by Crippen LogP contribution is 2.20. The molecule has 0 amide bonds. The summed E-state index contributed by atoms with van der Waals surface area (Å²) in [7, 11) is 0. The Morgan fingerprint density at radius 1 is 1.53 bits per heavy atom. The van der Waals surface area contributed by atoms with E-state index in [-0.39, 0.29) is 0 Å². The molecular weight excluding hydrogens is 214 g/mol. The topological polar surface area (TPSA) is 60.0 Å². The molecule has 1 saturated heterocycles. The molecule has 1 unspecified atom stereocenters. The lowest BCUT2D eigenvalue weighted by Gasteiger charge is -2.17. The van der Waals surface area contributed by atoms with Crippen LogP contribution in [0.3, 0.4) is 0 Å². The summed E-state index contributed by atoms with van der Waals surface area (Å²) in [5.74, 6) is 1.85. The average Bonchev–Trinajstić information content (AvgIpc) is 2.89. The minimum Gasteiger partial charge on any atom is -0.330 e. The van der Waals surface area contributed by atoms with Gasteiger partial charge in [0.2, 0.25) is 0 Å². The number of nitrogens with two attached hydrogens (primary N) is 1. The molecule has 5 nitrogen and oxygen atoms in total. The molecule has 1 aliphatic rings. The fourth-order valence-corrected chi connectivity index (χ4v) is 2.55. The molecule has 2 heterocycles. The van der Waals surface area contributed by atoms with E-state index in [1.165, 1.54) is 6.42 Å². The second kappa shape index (κ2) is 5.60. The van der Waals surface area contributed by atoms with Crippen molar-refractivity contribution in [3.8, 4) is 0 Å². The molecule has 5 heteroatoms. The van der Waals surface area contributed by atoms with Crippen LogP contribution in [0.5, 0.6) is 0 Å². The van der Waals surface area contributed by atoms with Crippen molar-refractivity contribution in [2.24, 2.45) is 11.7 Å². The number of likely N-dealkylation sites (tertiary alicyclic amines) is 1. The van der Waals surface area contributed by atoms with Gasteiger partial charge in [0.15, 0.2) is 0 Å². The number of hydrogen-bond acceptors (Lipinski definition) is 4. The van der Waals surface area contributed by atoms with Crippen molar-refractivity contribution in [1.29, 1.82) is 0 Å². The highest BCUT2D eigenvalue weighted by atomic mass is 15.4.